The molecule has 0 amide bonds. The average Bonchev–Trinajstić information content (AvgIpc) is 2.96. The van der Waals surface area contributed by atoms with Gasteiger partial charge in [0, 0.05) is 12.2 Å². The zero-order chi connectivity index (χ0) is 16.4. The molecule has 1 aromatic rings. The van der Waals surface area contributed by atoms with Crippen molar-refractivity contribution in [2.75, 3.05) is 13.7 Å². The maximum atomic E-state index is 12.4. The molecular weight excluding hydrogens is 304 g/mol. The van der Waals surface area contributed by atoms with Gasteiger partial charge in [0.05, 0.1) is 18.4 Å². The number of ether oxygens (including phenoxy) is 2. The van der Waals surface area contributed by atoms with Crippen molar-refractivity contribution in [1.82, 2.24) is 0 Å². The zero-order valence-electron chi connectivity index (χ0n) is 12.7. The minimum Gasteiger partial charge on any atom is -0.466 e. The van der Waals surface area contributed by atoms with Gasteiger partial charge in [-0.05, 0) is 6.92 Å². The Balaban J connectivity index is 2.07. The van der Waals surface area contributed by atoms with E-state index in [1.807, 2.05) is 6.07 Å². The monoisotopic (exact) mass is 320 g/mol. The number of esters is 1. The highest BCUT2D eigenvalue weighted by Gasteiger charge is 2.64. The van der Waals surface area contributed by atoms with Crippen LogP contribution in [0.25, 0.3) is 0 Å². The third-order valence-corrected chi connectivity index (χ3v) is 3.66. The zero-order valence-corrected chi connectivity index (χ0v) is 12.7. The molecule has 8 nitrogen and oxygen atoms in total. The molecule has 2 atom stereocenters. The van der Waals surface area contributed by atoms with Gasteiger partial charge in [-0.2, -0.15) is 0 Å². The summed E-state index contributed by atoms with van der Waals surface area (Å²) >= 11 is 0. The summed E-state index contributed by atoms with van der Waals surface area (Å²) in [6, 6.07) is 8.92. The first-order valence-electron chi connectivity index (χ1n) is 7.16. The van der Waals surface area contributed by atoms with E-state index in [2.05, 4.69) is 5.16 Å². The molecule has 2 heterocycles. The number of fused-ring (bicyclic) bond motifs is 1. The third-order valence-electron chi connectivity index (χ3n) is 3.66. The Morgan fingerprint density at radius 3 is 2.87 bits per heavy atom. The normalized spacial score (nSPS) is 26.0. The van der Waals surface area contributed by atoms with Crippen molar-refractivity contribution in [3.63, 3.8) is 0 Å². The van der Waals surface area contributed by atoms with E-state index in [4.69, 9.17) is 19.1 Å². The van der Waals surface area contributed by atoms with E-state index in [1.165, 1.54) is 7.11 Å². The number of methoxy groups -OCH3 is 1. The number of rotatable bonds is 4. The highest BCUT2D eigenvalue weighted by atomic mass is 16.9. The van der Waals surface area contributed by atoms with Gasteiger partial charge in [-0.15, -0.1) is 0 Å². The summed E-state index contributed by atoms with van der Waals surface area (Å²) in [6.07, 6.45) is -0.952. The highest BCUT2D eigenvalue weighted by molar-refractivity contribution is 6.53. The lowest BCUT2D eigenvalue weighted by Crippen LogP contribution is -2.57. The summed E-state index contributed by atoms with van der Waals surface area (Å²) in [7, 11) is 1.22. The van der Waals surface area contributed by atoms with E-state index >= 15 is 0 Å². The maximum Gasteiger partial charge on any atom is 0.364 e. The number of oxime groups is 1. The van der Waals surface area contributed by atoms with Crippen LogP contribution >= 0.6 is 0 Å². The van der Waals surface area contributed by atoms with E-state index in [0.717, 1.165) is 0 Å². The molecule has 2 aliphatic rings. The molecule has 2 aliphatic heterocycles. The first-order chi connectivity index (χ1) is 11.1. The molecule has 0 unspecified atom stereocenters. The summed E-state index contributed by atoms with van der Waals surface area (Å²) in [6.45, 7) is 2.07. The van der Waals surface area contributed by atoms with Crippen molar-refractivity contribution in [1.29, 1.82) is 0 Å². The minimum atomic E-state index is -1.67. The Hall–Kier alpha value is -2.61. The Morgan fingerprint density at radius 1 is 1.48 bits per heavy atom. The predicted molar refractivity (Wildman–Crippen MR) is 78.6 cm³/mol. The largest absolute Gasteiger partial charge is 0.466 e. The quantitative estimate of drug-likeness (QED) is 0.606. The SMILES string of the molecule is CCO[C@H]1C[C@]2(C(=O)OC)ON=C(c3ccccc3)C2=[N+]([O-])O1. The Kier molecular flexibility index (Phi) is 3.91. The summed E-state index contributed by atoms with van der Waals surface area (Å²) in [5.74, 6) is -0.726. The molecule has 23 heavy (non-hydrogen) atoms. The van der Waals surface area contributed by atoms with Crippen molar-refractivity contribution >= 4 is 17.4 Å². The molecule has 0 saturated carbocycles. The number of hydrogen-bond acceptors (Lipinski definition) is 7. The van der Waals surface area contributed by atoms with Gasteiger partial charge in [-0.3, -0.25) is 5.21 Å². The number of nitrogens with zero attached hydrogens (tertiary/aromatic N) is 2. The van der Waals surface area contributed by atoms with Crippen molar-refractivity contribution < 1.29 is 28.8 Å². The molecular formula is C15H16N2O6. The summed E-state index contributed by atoms with van der Waals surface area (Å²) < 4.78 is 10.1. The van der Waals surface area contributed by atoms with E-state index < -0.39 is 17.9 Å². The van der Waals surface area contributed by atoms with Crippen LogP contribution in [0.1, 0.15) is 18.9 Å². The van der Waals surface area contributed by atoms with Gasteiger partial charge in [0.1, 0.15) is 0 Å². The second kappa shape index (κ2) is 5.88. The first kappa shape index (κ1) is 15.3. The Morgan fingerprint density at radius 2 is 2.22 bits per heavy atom. The Bertz CT molecular complexity index is 672. The standard InChI is InChI=1S/C15H16N2O6/c1-3-21-11-9-15(14(18)20-2)13(17(19)22-11)12(16-23-15)10-7-5-4-6-8-10/h4-8,11H,3,9H2,1-2H3/t11-,15+/m1/s1. The lowest BCUT2D eigenvalue weighted by atomic mass is 9.87. The van der Waals surface area contributed by atoms with Gasteiger partial charge >= 0.3 is 17.3 Å². The number of carbonyl (C=O) groups is 1. The van der Waals surface area contributed by atoms with Gasteiger partial charge in [0.2, 0.25) is 0 Å². The van der Waals surface area contributed by atoms with E-state index in [0.29, 0.717) is 12.2 Å². The molecule has 0 aromatic heterocycles. The maximum absolute atomic E-state index is 12.4. The average molecular weight is 320 g/mol. The van der Waals surface area contributed by atoms with Crippen molar-refractivity contribution in [2.45, 2.75) is 25.2 Å². The van der Waals surface area contributed by atoms with Gasteiger partial charge in [-0.25, -0.2) is 4.79 Å². The van der Waals surface area contributed by atoms with Crippen molar-refractivity contribution in [3.8, 4) is 0 Å². The molecule has 0 N–H and O–H groups in total. The topological polar surface area (TPSA) is 92.4 Å². The van der Waals surface area contributed by atoms with Crippen LogP contribution in [0, 0.1) is 5.21 Å². The highest BCUT2D eigenvalue weighted by Crippen LogP contribution is 2.34. The molecule has 0 fully saturated rings. The van der Waals surface area contributed by atoms with Crippen LogP contribution in [-0.2, 0) is 23.9 Å². The number of carbonyl (C=O) groups excluding carboxylic acids is 1. The molecule has 1 aromatic carbocycles. The van der Waals surface area contributed by atoms with Gasteiger partial charge in [0.25, 0.3) is 0 Å². The molecule has 0 spiro atoms. The molecule has 3 rings (SSSR count). The summed E-state index contributed by atoms with van der Waals surface area (Å²) in [5.41, 5.74) is -0.834. The van der Waals surface area contributed by atoms with Crippen LogP contribution < -0.4 is 0 Å². The number of hydrogen-bond donors (Lipinski definition) is 0. The van der Waals surface area contributed by atoms with Crippen LogP contribution in [0.5, 0.6) is 0 Å². The fourth-order valence-corrected chi connectivity index (χ4v) is 2.64. The fraction of sp³-hybridized carbons (Fsp3) is 0.400. The van der Waals surface area contributed by atoms with Crippen molar-refractivity contribution in [2.24, 2.45) is 5.16 Å². The molecule has 0 bridgehead atoms. The molecule has 8 heteroatoms. The van der Waals surface area contributed by atoms with Gasteiger partial charge in [0.15, 0.2) is 12.0 Å². The van der Waals surface area contributed by atoms with Crippen LogP contribution in [0.3, 0.4) is 0 Å². The second-order valence-corrected chi connectivity index (χ2v) is 5.02. The first-order valence-corrected chi connectivity index (χ1v) is 7.16. The summed E-state index contributed by atoms with van der Waals surface area (Å²) in [5, 5.41) is 16.3. The summed E-state index contributed by atoms with van der Waals surface area (Å²) in [4.78, 5) is 23.1. The van der Waals surface area contributed by atoms with Crippen LogP contribution in [0.2, 0.25) is 0 Å². The van der Waals surface area contributed by atoms with Crippen LogP contribution in [0.4, 0.5) is 0 Å². The van der Waals surface area contributed by atoms with Crippen LogP contribution in [-0.4, -0.2) is 47.9 Å². The van der Waals surface area contributed by atoms with Gasteiger partial charge in [-0.1, -0.05) is 35.5 Å². The van der Waals surface area contributed by atoms with Gasteiger partial charge < -0.3 is 19.1 Å². The van der Waals surface area contributed by atoms with Crippen molar-refractivity contribution in [3.05, 3.63) is 41.1 Å². The Labute approximate surface area is 132 Å². The smallest absolute Gasteiger partial charge is 0.364 e. The molecule has 0 radical (unpaired) electrons. The molecule has 0 aliphatic carbocycles. The van der Waals surface area contributed by atoms with E-state index in [1.54, 1.807) is 31.2 Å². The van der Waals surface area contributed by atoms with E-state index in [-0.39, 0.29) is 22.7 Å². The molecule has 122 valence electrons. The van der Waals surface area contributed by atoms with Crippen LogP contribution in [0.15, 0.2) is 35.5 Å². The lowest BCUT2D eigenvalue weighted by Gasteiger charge is -2.32. The van der Waals surface area contributed by atoms with E-state index in [9.17, 15) is 10.0 Å². The fourth-order valence-electron chi connectivity index (χ4n) is 2.64. The lowest BCUT2D eigenvalue weighted by molar-refractivity contribution is -0.772. The predicted octanol–water partition coefficient (Wildman–Crippen LogP) is 0.982. The third kappa shape index (κ3) is 2.40. The minimum absolute atomic E-state index is 0.0264. The molecule has 0 saturated heterocycles. The number of benzene rings is 1. The second-order valence-electron chi connectivity index (χ2n) is 5.02.